The molecule has 2 unspecified atom stereocenters. The van der Waals surface area contributed by atoms with Crippen molar-refractivity contribution in [3.63, 3.8) is 0 Å². The number of amidine groups is 1. The smallest absolute Gasteiger partial charge is 0.346 e. The van der Waals surface area contributed by atoms with Gasteiger partial charge in [-0.25, -0.2) is 5.53 Å². The molecule has 4 rings (SSSR count). The van der Waals surface area contributed by atoms with E-state index in [4.69, 9.17) is 0 Å². The molecule has 1 aromatic carbocycles. The molecular formula is C26H30F3N5OS. The minimum Gasteiger partial charge on any atom is -0.346 e. The van der Waals surface area contributed by atoms with Crippen LogP contribution in [-0.2, 0) is 10.3 Å². The van der Waals surface area contributed by atoms with Crippen LogP contribution in [0.25, 0.3) is 0 Å². The van der Waals surface area contributed by atoms with Crippen LogP contribution >= 0.6 is 11.8 Å². The van der Waals surface area contributed by atoms with E-state index in [1.807, 2.05) is 38.1 Å². The number of amides is 1. The number of thioether (sulfide) groups is 1. The van der Waals surface area contributed by atoms with E-state index in [1.165, 1.54) is 6.08 Å². The van der Waals surface area contributed by atoms with Crippen molar-refractivity contribution in [3.05, 3.63) is 81.8 Å². The Kier molecular flexibility index (Phi) is 7.38. The minimum atomic E-state index is -4.46. The fourth-order valence-corrected chi connectivity index (χ4v) is 5.99. The van der Waals surface area contributed by atoms with Crippen molar-refractivity contribution in [1.29, 1.82) is 0 Å². The van der Waals surface area contributed by atoms with Gasteiger partial charge in [0.25, 0.3) is 0 Å². The fourth-order valence-electron chi connectivity index (χ4n) is 4.66. The number of hydrogen-bond donors (Lipinski definition) is 4. The Balaban J connectivity index is 1.49. The Bertz CT molecular complexity index is 1160. The van der Waals surface area contributed by atoms with Gasteiger partial charge in [0.15, 0.2) is 5.84 Å². The van der Waals surface area contributed by atoms with E-state index in [-0.39, 0.29) is 17.6 Å². The van der Waals surface area contributed by atoms with Gasteiger partial charge in [-0.15, -0.1) is 22.4 Å². The van der Waals surface area contributed by atoms with Crippen molar-refractivity contribution in [2.24, 2.45) is 11.0 Å². The van der Waals surface area contributed by atoms with Crippen LogP contribution in [0.3, 0.4) is 0 Å². The lowest BCUT2D eigenvalue weighted by molar-refractivity contribution is -0.124. The van der Waals surface area contributed by atoms with Gasteiger partial charge in [-0.2, -0.15) is 13.2 Å². The zero-order valence-electron chi connectivity index (χ0n) is 20.4. The van der Waals surface area contributed by atoms with Gasteiger partial charge in [0.05, 0.1) is 17.0 Å². The molecule has 1 aromatic rings. The summed E-state index contributed by atoms with van der Waals surface area (Å²) < 4.78 is 40.0. The van der Waals surface area contributed by atoms with Gasteiger partial charge < -0.3 is 5.32 Å². The molecule has 4 N–H and O–H groups in total. The molecule has 3 aliphatic rings. The average molecular weight is 518 g/mol. The Morgan fingerprint density at radius 1 is 1.31 bits per heavy atom. The number of carbonyl (C=O) groups excluding carboxylic acids is 1. The van der Waals surface area contributed by atoms with Gasteiger partial charge in [0, 0.05) is 10.8 Å². The normalized spacial score (nSPS) is 23.4. The summed E-state index contributed by atoms with van der Waals surface area (Å²) >= 11 is 1.59. The van der Waals surface area contributed by atoms with Crippen molar-refractivity contribution in [2.45, 2.75) is 57.0 Å². The minimum absolute atomic E-state index is 0.0148. The summed E-state index contributed by atoms with van der Waals surface area (Å²) in [5, 5.41) is 7.34. The molecule has 1 fully saturated rings. The van der Waals surface area contributed by atoms with E-state index in [2.05, 4.69) is 33.5 Å². The molecular weight excluding hydrogens is 487 g/mol. The summed E-state index contributed by atoms with van der Waals surface area (Å²) in [4.78, 5) is 14.5. The predicted molar refractivity (Wildman–Crippen MR) is 137 cm³/mol. The number of allylic oxidation sites excluding steroid dienone is 6. The summed E-state index contributed by atoms with van der Waals surface area (Å²) in [5.41, 5.74) is 10.2. The third kappa shape index (κ3) is 5.54. The third-order valence-electron chi connectivity index (χ3n) is 6.62. The Morgan fingerprint density at radius 2 is 2.00 bits per heavy atom. The van der Waals surface area contributed by atoms with Gasteiger partial charge in [-0.1, -0.05) is 55.5 Å². The molecule has 2 heterocycles. The van der Waals surface area contributed by atoms with Gasteiger partial charge in [-0.05, 0) is 55.2 Å². The van der Waals surface area contributed by atoms with Crippen molar-refractivity contribution in [2.75, 3.05) is 0 Å². The zero-order chi connectivity index (χ0) is 26.1. The molecule has 10 heteroatoms. The SMILES string of the molecule is C=C(/C=C(\C=C/C)C(F)(F)F)CC1=C(C)SC(C)C1C(=O)NC1(c2ccc(C3=NNNN3)cc2)CC1. The topological polar surface area (TPSA) is 77.5 Å². The Hall–Kier alpha value is -2.98. The van der Waals surface area contributed by atoms with E-state index in [0.717, 1.165) is 46.6 Å². The van der Waals surface area contributed by atoms with Crippen molar-refractivity contribution in [1.82, 2.24) is 21.8 Å². The van der Waals surface area contributed by atoms with Crippen LogP contribution in [0.5, 0.6) is 0 Å². The second-order valence-corrected chi connectivity index (χ2v) is 10.9. The number of rotatable bonds is 8. The lowest BCUT2D eigenvalue weighted by Crippen LogP contribution is -2.41. The second kappa shape index (κ2) is 10.2. The second-order valence-electron chi connectivity index (χ2n) is 9.29. The van der Waals surface area contributed by atoms with E-state index in [0.29, 0.717) is 11.4 Å². The molecule has 2 atom stereocenters. The van der Waals surface area contributed by atoms with Crippen molar-refractivity contribution in [3.8, 4) is 0 Å². The molecule has 0 bridgehead atoms. The third-order valence-corrected chi connectivity index (χ3v) is 7.88. The number of hydrazone groups is 1. The van der Waals surface area contributed by atoms with Crippen LogP contribution in [0.2, 0.25) is 0 Å². The Labute approximate surface area is 213 Å². The van der Waals surface area contributed by atoms with E-state index >= 15 is 0 Å². The molecule has 192 valence electrons. The summed E-state index contributed by atoms with van der Waals surface area (Å²) in [5.74, 6) is 0.150. The number of nitrogens with one attached hydrogen (secondary N) is 4. The molecule has 1 amide bonds. The highest BCUT2D eigenvalue weighted by atomic mass is 32.2. The quantitative estimate of drug-likeness (QED) is 0.361. The molecule has 0 saturated heterocycles. The monoisotopic (exact) mass is 517 g/mol. The number of carbonyl (C=O) groups is 1. The maximum absolute atomic E-state index is 13.5. The molecule has 1 saturated carbocycles. The zero-order valence-corrected chi connectivity index (χ0v) is 21.2. The van der Waals surface area contributed by atoms with E-state index in [9.17, 15) is 18.0 Å². The maximum Gasteiger partial charge on any atom is 0.416 e. The van der Waals surface area contributed by atoms with Crippen LogP contribution in [0, 0.1) is 5.92 Å². The van der Waals surface area contributed by atoms with Crippen LogP contribution in [0.4, 0.5) is 13.2 Å². The van der Waals surface area contributed by atoms with Gasteiger partial charge >= 0.3 is 6.18 Å². The molecule has 0 radical (unpaired) electrons. The standard InChI is InChI=1S/C26H30F3N5OS/c1-5-6-20(26(27,28)29)13-15(2)14-21-16(3)36-17(4)22(21)24(35)30-25(11-12-25)19-9-7-18(8-10-19)23-31-33-34-32-23/h5-10,13,17,22,33-34H,2,11-12,14H2,1,3-4H3,(H,30,35)(H,31,32)/b6-5-,20-13+. The van der Waals surface area contributed by atoms with Crippen LogP contribution in [0.1, 0.15) is 51.2 Å². The van der Waals surface area contributed by atoms with Gasteiger partial charge in [0.1, 0.15) is 0 Å². The summed E-state index contributed by atoms with van der Waals surface area (Å²) in [6.45, 7) is 9.32. The first-order valence-corrected chi connectivity index (χ1v) is 12.6. The molecule has 6 nitrogen and oxygen atoms in total. The molecule has 2 aliphatic heterocycles. The molecule has 1 aliphatic carbocycles. The highest BCUT2D eigenvalue weighted by Crippen LogP contribution is 2.49. The van der Waals surface area contributed by atoms with Crippen LogP contribution < -0.4 is 21.8 Å². The summed E-state index contributed by atoms with van der Waals surface area (Å²) in [6, 6.07) is 7.88. The first kappa shape index (κ1) is 26.1. The van der Waals surface area contributed by atoms with E-state index < -0.39 is 23.2 Å². The predicted octanol–water partition coefficient (Wildman–Crippen LogP) is 5.10. The van der Waals surface area contributed by atoms with Crippen molar-refractivity contribution >= 4 is 23.5 Å². The first-order valence-electron chi connectivity index (χ1n) is 11.8. The van der Waals surface area contributed by atoms with Gasteiger partial charge in [0.2, 0.25) is 5.91 Å². The molecule has 0 aromatic heterocycles. The van der Waals surface area contributed by atoms with Crippen molar-refractivity contribution < 1.29 is 18.0 Å². The van der Waals surface area contributed by atoms with Gasteiger partial charge in [-0.3, -0.25) is 10.2 Å². The number of benzene rings is 1. The van der Waals surface area contributed by atoms with E-state index in [1.54, 1.807) is 18.7 Å². The summed E-state index contributed by atoms with van der Waals surface area (Å²) in [7, 11) is 0. The number of nitrogens with zero attached hydrogens (tertiary/aromatic N) is 1. The highest BCUT2D eigenvalue weighted by molar-refractivity contribution is 8.03. The summed E-state index contributed by atoms with van der Waals surface area (Å²) in [6.07, 6.45) is 0.884. The average Bonchev–Trinajstić information content (AvgIpc) is 3.26. The number of alkyl halides is 3. The highest BCUT2D eigenvalue weighted by Gasteiger charge is 2.48. The lowest BCUT2D eigenvalue weighted by Gasteiger charge is -2.24. The maximum atomic E-state index is 13.5. The number of hydrazine groups is 2. The first-order chi connectivity index (χ1) is 17.0. The van der Waals surface area contributed by atoms with Crippen LogP contribution in [-0.4, -0.2) is 23.2 Å². The largest absolute Gasteiger partial charge is 0.416 e. The Morgan fingerprint density at radius 3 is 2.56 bits per heavy atom. The molecule has 0 spiro atoms. The lowest BCUT2D eigenvalue weighted by atomic mass is 9.89. The fraction of sp³-hybridized carbons (Fsp3) is 0.385. The number of hydrogen-bond acceptors (Lipinski definition) is 6. The van der Waals surface area contributed by atoms with Crippen LogP contribution in [0.15, 0.2) is 75.8 Å². The molecule has 36 heavy (non-hydrogen) atoms. The number of halogens is 3.